The van der Waals surface area contributed by atoms with Gasteiger partial charge in [0.25, 0.3) is 5.91 Å². The fourth-order valence-electron chi connectivity index (χ4n) is 3.01. The van der Waals surface area contributed by atoms with Crippen LogP contribution in [0.5, 0.6) is 17.5 Å². The predicted molar refractivity (Wildman–Crippen MR) is 149 cm³/mol. The quantitative estimate of drug-likeness (QED) is 0.244. The molecule has 2 aromatic rings. The van der Waals surface area contributed by atoms with Crippen molar-refractivity contribution >= 4 is 11.6 Å². The molecule has 0 atom stereocenters. The molecule has 1 N–H and O–H groups in total. The first-order valence-electron chi connectivity index (χ1n) is 12.6. The summed E-state index contributed by atoms with van der Waals surface area (Å²) in [5.74, 6) is 1.74. The van der Waals surface area contributed by atoms with E-state index < -0.39 is 0 Å². The summed E-state index contributed by atoms with van der Waals surface area (Å²) in [6.07, 6.45) is 1.09. The summed E-state index contributed by atoms with van der Waals surface area (Å²) in [6.45, 7) is 16.1. The van der Waals surface area contributed by atoms with Gasteiger partial charge in [-0.2, -0.15) is 4.98 Å². The number of oxime groups is 1. The van der Waals surface area contributed by atoms with Gasteiger partial charge >= 0.3 is 0 Å². The Morgan fingerprint density at radius 1 is 0.833 bits per heavy atom. The predicted octanol–water partition coefficient (Wildman–Crippen LogP) is 7.46. The number of rotatable bonds is 7. The molecule has 36 heavy (non-hydrogen) atoms. The Morgan fingerprint density at radius 2 is 1.39 bits per heavy atom. The summed E-state index contributed by atoms with van der Waals surface area (Å²) in [5, 5.41) is 6.55. The van der Waals surface area contributed by atoms with Crippen molar-refractivity contribution in [3.63, 3.8) is 0 Å². The van der Waals surface area contributed by atoms with Crippen LogP contribution < -0.4 is 14.8 Å². The molecule has 7 heteroatoms. The first-order chi connectivity index (χ1) is 17.5. The zero-order valence-corrected chi connectivity index (χ0v) is 23.6. The van der Waals surface area contributed by atoms with E-state index in [1.807, 2.05) is 85.7 Å². The molecule has 0 bridgehead atoms. The van der Waals surface area contributed by atoms with E-state index in [0.29, 0.717) is 41.7 Å². The molecule has 0 aliphatic heterocycles. The molecule has 1 amide bonds. The number of benzene rings is 1. The zero-order valence-electron chi connectivity index (χ0n) is 23.6. The molecular formula is C29H43N3O4. The van der Waals surface area contributed by atoms with E-state index in [9.17, 15) is 4.79 Å². The highest BCUT2D eigenvalue weighted by atomic mass is 16.6. The number of pyridine rings is 1. The number of aromatic nitrogens is 1. The zero-order chi connectivity index (χ0) is 27.5. The molecular weight excluding hydrogens is 454 g/mol. The molecule has 0 radical (unpaired) electrons. The van der Waals surface area contributed by atoms with Crippen molar-refractivity contribution in [3.8, 4) is 17.5 Å². The van der Waals surface area contributed by atoms with Crippen LogP contribution in [0.3, 0.4) is 0 Å². The van der Waals surface area contributed by atoms with Crippen molar-refractivity contribution in [3.05, 3.63) is 71.0 Å². The Morgan fingerprint density at radius 3 is 1.94 bits per heavy atom. The number of carbonyl (C=O) groups excluding carboxylic acids is 1. The van der Waals surface area contributed by atoms with Crippen LogP contribution in [0.2, 0.25) is 0 Å². The second-order valence-electron chi connectivity index (χ2n) is 6.85. The van der Waals surface area contributed by atoms with Crippen LogP contribution in [-0.2, 0) is 9.63 Å². The third-order valence-electron chi connectivity index (χ3n) is 4.73. The Labute approximate surface area is 217 Å². The SMILES string of the molecule is CC.CC.CC.CNC(=O)/C(=N/OC)C1=C(Oc2cccc(Oc3ccccc3)n2)CC(C)=C(C)C1. The van der Waals surface area contributed by atoms with E-state index in [1.165, 1.54) is 18.3 Å². The maximum Gasteiger partial charge on any atom is 0.273 e. The summed E-state index contributed by atoms with van der Waals surface area (Å²) in [7, 11) is 2.96. The lowest BCUT2D eigenvalue weighted by molar-refractivity contribution is -0.114. The van der Waals surface area contributed by atoms with Gasteiger partial charge in [0.2, 0.25) is 11.8 Å². The van der Waals surface area contributed by atoms with Crippen molar-refractivity contribution in [1.82, 2.24) is 10.3 Å². The van der Waals surface area contributed by atoms with Crippen LogP contribution in [0.15, 0.2) is 76.2 Å². The molecule has 0 fully saturated rings. The topological polar surface area (TPSA) is 82.0 Å². The van der Waals surface area contributed by atoms with Gasteiger partial charge in [-0.1, -0.05) is 82.1 Å². The van der Waals surface area contributed by atoms with Crippen LogP contribution in [0, 0.1) is 0 Å². The van der Waals surface area contributed by atoms with Gasteiger partial charge in [-0.05, 0) is 32.4 Å². The van der Waals surface area contributed by atoms with E-state index in [4.69, 9.17) is 14.3 Å². The average Bonchev–Trinajstić information content (AvgIpc) is 2.93. The molecule has 0 saturated carbocycles. The normalized spacial score (nSPS) is 12.6. The van der Waals surface area contributed by atoms with Gasteiger partial charge < -0.3 is 19.6 Å². The van der Waals surface area contributed by atoms with Crippen molar-refractivity contribution in [2.75, 3.05) is 14.2 Å². The number of amides is 1. The molecule has 0 unspecified atom stereocenters. The molecule has 1 aliphatic rings. The minimum absolute atomic E-state index is 0.193. The Bertz CT molecular complexity index is 1010. The summed E-state index contributed by atoms with van der Waals surface area (Å²) < 4.78 is 11.9. The van der Waals surface area contributed by atoms with Gasteiger partial charge in [-0.3, -0.25) is 4.79 Å². The highest BCUT2D eigenvalue weighted by molar-refractivity contribution is 6.45. The van der Waals surface area contributed by atoms with Gasteiger partial charge in [0, 0.05) is 31.2 Å². The summed E-state index contributed by atoms with van der Waals surface area (Å²) in [4.78, 5) is 21.7. The molecule has 0 spiro atoms. The molecule has 3 rings (SSSR count). The number of nitrogens with one attached hydrogen (secondary N) is 1. The fourth-order valence-corrected chi connectivity index (χ4v) is 3.01. The average molecular weight is 498 g/mol. The van der Waals surface area contributed by atoms with Crippen molar-refractivity contribution in [1.29, 1.82) is 0 Å². The first-order valence-corrected chi connectivity index (χ1v) is 12.6. The van der Waals surface area contributed by atoms with Crippen LogP contribution >= 0.6 is 0 Å². The standard InChI is InChI=1S/C23H25N3O4.3C2H6/c1-15-13-18(22(26-28-4)23(27)24-3)19(14-16(15)2)30-21-12-8-11-20(25-21)29-17-9-6-5-7-10-17;3*1-2/h5-12H,13-14H2,1-4H3,(H,24,27);3*1-2H3/b26-22+;;;. The molecule has 1 aliphatic carbocycles. The van der Waals surface area contributed by atoms with Gasteiger partial charge in [0.15, 0.2) is 5.71 Å². The molecule has 1 aromatic heterocycles. The van der Waals surface area contributed by atoms with Crippen molar-refractivity contribution in [2.45, 2.75) is 68.2 Å². The van der Waals surface area contributed by atoms with E-state index in [-0.39, 0.29) is 11.6 Å². The van der Waals surface area contributed by atoms with Crippen LogP contribution in [0.4, 0.5) is 0 Å². The first kappa shape index (κ1) is 32.4. The van der Waals surface area contributed by atoms with Gasteiger partial charge in [-0.25, -0.2) is 0 Å². The summed E-state index contributed by atoms with van der Waals surface area (Å²) in [5.41, 5.74) is 3.22. The van der Waals surface area contributed by atoms with E-state index in [0.717, 1.165) is 0 Å². The monoisotopic (exact) mass is 497 g/mol. The van der Waals surface area contributed by atoms with Crippen molar-refractivity contribution in [2.24, 2.45) is 5.16 Å². The smallest absolute Gasteiger partial charge is 0.273 e. The number of hydrogen-bond donors (Lipinski definition) is 1. The van der Waals surface area contributed by atoms with Crippen molar-refractivity contribution < 1.29 is 19.1 Å². The number of para-hydroxylation sites is 1. The number of allylic oxidation sites excluding steroid dienone is 2. The maximum absolute atomic E-state index is 12.4. The molecule has 0 saturated heterocycles. The second kappa shape index (κ2) is 18.7. The molecule has 1 heterocycles. The highest BCUT2D eigenvalue weighted by Gasteiger charge is 2.26. The van der Waals surface area contributed by atoms with E-state index in [1.54, 1.807) is 25.2 Å². The lowest BCUT2D eigenvalue weighted by Crippen LogP contribution is -2.31. The second-order valence-corrected chi connectivity index (χ2v) is 6.85. The lowest BCUT2D eigenvalue weighted by Gasteiger charge is -2.23. The third-order valence-corrected chi connectivity index (χ3v) is 4.73. The van der Waals surface area contributed by atoms with Gasteiger partial charge in [0.05, 0.1) is 0 Å². The van der Waals surface area contributed by atoms with Crippen LogP contribution in [0.25, 0.3) is 0 Å². The van der Waals surface area contributed by atoms with E-state index >= 15 is 0 Å². The highest BCUT2D eigenvalue weighted by Crippen LogP contribution is 2.32. The minimum Gasteiger partial charge on any atom is -0.443 e. The van der Waals surface area contributed by atoms with E-state index in [2.05, 4.69) is 15.5 Å². The lowest BCUT2D eigenvalue weighted by atomic mass is 9.89. The summed E-state index contributed by atoms with van der Waals surface area (Å²) >= 11 is 0. The Hall–Kier alpha value is -3.61. The largest absolute Gasteiger partial charge is 0.443 e. The summed E-state index contributed by atoms with van der Waals surface area (Å²) in [6, 6.07) is 14.7. The molecule has 7 nitrogen and oxygen atoms in total. The van der Waals surface area contributed by atoms with Crippen LogP contribution in [-0.4, -0.2) is 30.8 Å². The fraction of sp³-hybridized carbons (Fsp3) is 0.414. The number of nitrogens with zero attached hydrogens (tertiary/aromatic N) is 2. The van der Waals surface area contributed by atoms with Crippen LogP contribution in [0.1, 0.15) is 68.2 Å². The Kier molecular flexibility index (Phi) is 16.8. The molecule has 198 valence electrons. The molecule has 1 aromatic carbocycles. The minimum atomic E-state index is -0.338. The number of carbonyl (C=O) groups is 1. The number of hydrogen-bond acceptors (Lipinski definition) is 6. The van der Waals surface area contributed by atoms with Gasteiger partial charge in [-0.15, -0.1) is 0 Å². The number of ether oxygens (including phenoxy) is 2. The Balaban J connectivity index is 0.00000190. The third kappa shape index (κ3) is 9.94. The maximum atomic E-state index is 12.4. The van der Waals surface area contributed by atoms with Gasteiger partial charge in [0.1, 0.15) is 18.6 Å².